The van der Waals surface area contributed by atoms with Gasteiger partial charge in [-0.15, -0.1) is 11.3 Å². The van der Waals surface area contributed by atoms with Gasteiger partial charge in [0.1, 0.15) is 5.00 Å². The minimum Gasteiger partial charge on any atom is -0.462 e. The summed E-state index contributed by atoms with van der Waals surface area (Å²) in [5, 5.41) is 7.86. The molecule has 1 aromatic heterocycles. The molecular formula is C25H26N2O2S3. The lowest BCUT2D eigenvalue weighted by molar-refractivity contribution is 0.0527. The van der Waals surface area contributed by atoms with E-state index in [-0.39, 0.29) is 5.97 Å². The van der Waals surface area contributed by atoms with E-state index in [1.807, 2.05) is 43.3 Å². The summed E-state index contributed by atoms with van der Waals surface area (Å²) in [5.41, 5.74) is 2.72. The number of esters is 1. The molecule has 0 saturated heterocycles. The summed E-state index contributed by atoms with van der Waals surface area (Å²) in [6, 6.07) is 18.3. The molecule has 0 fully saturated rings. The second-order valence-corrected chi connectivity index (χ2v) is 10.1. The van der Waals surface area contributed by atoms with Crippen LogP contribution in [0.15, 0.2) is 64.4 Å². The number of benzene rings is 2. The third kappa shape index (κ3) is 5.52. The van der Waals surface area contributed by atoms with Crippen LogP contribution >= 0.6 is 35.3 Å². The average Bonchev–Trinajstić information content (AvgIpc) is 2.96. The van der Waals surface area contributed by atoms with Gasteiger partial charge in [-0.05, 0) is 74.7 Å². The molecule has 0 spiro atoms. The maximum absolute atomic E-state index is 12.8. The van der Waals surface area contributed by atoms with Crippen molar-refractivity contribution in [3.05, 3.63) is 70.6 Å². The number of hydrogen-bond donors (Lipinski definition) is 2. The van der Waals surface area contributed by atoms with E-state index in [1.165, 1.54) is 11.3 Å². The van der Waals surface area contributed by atoms with E-state index in [4.69, 9.17) is 17.0 Å². The van der Waals surface area contributed by atoms with E-state index in [1.54, 1.807) is 23.1 Å². The topological polar surface area (TPSA) is 50.4 Å². The Hall–Kier alpha value is -2.35. The molecule has 0 atom stereocenters. The first-order chi connectivity index (χ1) is 15.7. The first-order valence-electron chi connectivity index (χ1n) is 10.9. The molecule has 166 valence electrons. The van der Waals surface area contributed by atoms with Gasteiger partial charge in [-0.25, -0.2) is 4.79 Å². The molecule has 4 rings (SSSR count). The molecule has 2 aromatic carbocycles. The van der Waals surface area contributed by atoms with Crippen LogP contribution in [0.1, 0.15) is 47.0 Å². The predicted molar refractivity (Wildman–Crippen MR) is 138 cm³/mol. The zero-order chi connectivity index (χ0) is 22.3. The molecule has 0 amide bonds. The lowest BCUT2D eigenvalue weighted by atomic mass is 10.1. The Morgan fingerprint density at radius 2 is 1.78 bits per heavy atom. The quantitative estimate of drug-likeness (QED) is 0.221. The van der Waals surface area contributed by atoms with Crippen LogP contribution in [0.25, 0.3) is 0 Å². The second-order valence-electron chi connectivity index (χ2n) is 7.48. The number of para-hydroxylation sites is 1. The Morgan fingerprint density at radius 3 is 2.59 bits per heavy atom. The van der Waals surface area contributed by atoms with Gasteiger partial charge in [0, 0.05) is 14.7 Å². The Balaban J connectivity index is 1.54. The number of hydrogen-bond acceptors (Lipinski definition) is 5. The maximum atomic E-state index is 12.8. The van der Waals surface area contributed by atoms with E-state index in [9.17, 15) is 4.79 Å². The van der Waals surface area contributed by atoms with Gasteiger partial charge in [-0.3, -0.25) is 0 Å². The molecule has 4 nitrogen and oxygen atoms in total. The summed E-state index contributed by atoms with van der Waals surface area (Å²) in [7, 11) is 0. The van der Waals surface area contributed by atoms with Crippen molar-refractivity contribution in [1.29, 1.82) is 0 Å². The van der Waals surface area contributed by atoms with Crippen LogP contribution in [0.4, 0.5) is 10.7 Å². The van der Waals surface area contributed by atoms with Crippen LogP contribution in [0.2, 0.25) is 0 Å². The van der Waals surface area contributed by atoms with E-state index in [0.717, 1.165) is 51.7 Å². The molecule has 7 heteroatoms. The normalized spacial score (nSPS) is 13.0. The fourth-order valence-corrected chi connectivity index (χ4v) is 6.26. The van der Waals surface area contributed by atoms with Crippen LogP contribution in [0, 0.1) is 0 Å². The highest BCUT2D eigenvalue weighted by Crippen LogP contribution is 2.38. The first kappa shape index (κ1) is 22.8. The Labute approximate surface area is 202 Å². The summed E-state index contributed by atoms with van der Waals surface area (Å²) < 4.78 is 5.38. The Morgan fingerprint density at radius 1 is 1.03 bits per heavy atom. The second kappa shape index (κ2) is 11.0. The molecular weight excluding hydrogens is 456 g/mol. The molecule has 0 saturated carbocycles. The zero-order valence-corrected chi connectivity index (χ0v) is 20.4. The predicted octanol–water partition coefficient (Wildman–Crippen LogP) is 7.15. The van der Waals surface area contributed by atoms with Gasteiger partial charge >= 0.3 is 5.97 Å². The summed E-state index contributed by atoms with van der Waals surface area (Å²) in [5.74, 6) is -0.266. The van der Waals surface area contributed by atoms with Crippen LogP contribution < -0.4 is 10.6 Å². The highest BCUT2D eigenvalue weighted by atomic mass is 32.2. The number of anilines is 2. The van der Waals surface area contributed by atoms with Gasteiger partial charge in [0.25, 0.3) is 0 Å². The number of thiophene rings is 1. The Bertz CT molecular complexity index is 1100. The van der Waals surface area contributed by atoms with Crippen molar-refractivity contribution >= 4 is 57.1 Å². The van der Waals surface area contributed by atoms with E-state index < -0.39 is 0 Å². The van der Waals surface area contributed by atoms with Crippen molar-refractivity contribution < 1.29 is 9.53 Å². The van der Waals surface area contributed by atoms with E-state index >= 15 is 0 Å². The third-order valence-corrected chi connectivity index (χ3v) is 7.73. The fraction of sp³-hybridized carbons (Fsp3) is 0.280. The number of carbonyl (C=O) groups is 1. The first-order valence-corrected chi connectivity index (χ1v) is 12.9. The largest absolute Gasteiger partial charge is 0.462 e. The van der Waals surface area contributed by atoms with E-state index in [0.29, 0.717) is 17.3 Å². The molecule has 32 heavy (non-hydrogen) atoms. The third-order valence-electron chi connectivity index (χ3n) is 5.23. The summed E-state index contributed by atoms with van der Waals surface area (Å²) >= 11 is 8.95. The molecule has 0 aliphatic heterocycles. The van der Waals surface area contributed by atoms with Crippen LogP contribution in [0.5, 0.6) is 0 Å². The number of aryl methyl sites for hydroxylation is 1. The monoisotopic (exact) mass is 482 g/mol. The number of ether oxygens (including phenoxy) is 1. The van der Waals surface area contributed by atoms with Crippen LogP contribution in [-0.4, -0.2) is 17.7 Å². The molecule has 2 N–H and O–H groups in total. The highest BCUT2D eigenvalue weighted by Gasteiger charge is 2.26. The lowest BCUT2D eigenvalue weighted by Gasteiger charge is -2.14. The molecule has 1 aliphatic rings. The summed E-state index contributed by atoms with van der Waals surface area (Å²) in [4.78, 5) is 16.3. The van der Waals surface area contributed by atoms with Gasteiger partial charge in [0.15, 0.2) is 5.11 Å². The van der Waals surface area contributed by atoms with Crippen molar-refractivity contribution in [2.24, 2.45) is 0 Å². The molecule has 0 radical (unpaired) electrons. The highest BCUT2D eigenvalue weighted by molar-refractivity contribution is 7.99. The van der Waals surface area contributed by atoms with Crippen molar-refractivity contribution in [1.82, 2.24) is 0 Å². The molecule has 1 heterocycles. The Kier molecular flexibility index (Phi) is 7.84. The van der Waals surface area contributed by atoms with Crippen molar-refractivity contribution in [2.45, 2.75) is 48.8 Å². The number of nitrogens with one attached hydrogen (secondary N) is 2. The zero-order valence-electron chi connectivity index (χ0n) is 18.0. The smallest absolute Gasteiger partial charge is 0.341 e. The average molecular weight is 483 g/mol. The molecule has 3 aromatic rings. The number of rotatable bonds is 6. The minimum atomic E-state index is -0.266. The molecule has 0 unspecified atom stereocenters. The van der Waals surface area contributed by atoms with Crippen molar-refractivity contribution in [3.63, 3.8) is 0 Å². The van der Waals surface area contributed by atoms with Gasteiger partial charge in [0.2, 0.25) is 0 Å². The SMILES string of the molecule is CCOC(=O)c1c(NC(=S)Nc2ccccc2Sc2ccccc2)sc2c1CCCCC2. The number of fused-ring (bicyclic) bond motifs is 1. The number of thiocarbonyl (C=S) groups is 1. The van der Waals surface area contributed by atoms with Gasteiger partial charge in [0.05, 0.1) is 17.9 Å². The fourth-order valence-electron chi connectivity index (χ4n) is 3.78. The maximum Gasteiger partial charge on any atom is 0.341 e. The van der Waals surface area contributed by atoms with Crippen molar-refractivity contribution in [2.75, 3.05) is 17.2 Å². The molecule has 1 aliphatic carbocycles. The van der Waals surface area contributed by atoms with Gasteiger partial charge < -0.3 is 15.4 Å². The van der Waals surface area contributed by atoms with Crippen LogP contribution in [-0.2, 0) is 17.6 Å². The van der Waals surface area contributed by atoms with Gasteiger partial charge in [-0.1, -0.05) is 48.5 Å². The summed E-state index contributed by atoms with van der Waals surface area (Å²) in [6.07, 6.45) is 5.37. The molecule has 0 bridgehead atoms. The van der Waals surface area contributed by atoms with Crippen LogP contribution in [0.3, 0.4) is 0 Å². The standard InChI is InChI=1S/C25H26N2O2S3/c1-2-29-24(28)22-18-13-7-4-8-15-20(18)32-23(22)27-25(30)26-19-14-9-10-16-21(19)31-17-11-5-3-6-12-17/h3,5-6,9-12,14,16H,2,4,7-8,13,15H2,1H3,(H2,26,27,30). The number of carbonyl (C=O) groups excluding carboxylic acids is 1. The van der Waals surface area contributed by atoms with Crippen molar-refractivity contribution in [3.8, 4) is 0 Å². The lowest BCUT2D eigenvalue weighted by Crippen LogP contribution is -2.20. The van der Waals surface area contributed by atoms with Gasteiger partial charge in [-0.2, -0.15) is 0 Å². The summed E-state index contributed by atoms with van der Waals surface area (Å²) in [6.45, 7) is 2.19. The van der Waals surface area contributed by atoms with E-state index in [2.05, 4.69) is 28.8 Å². The minimum absolute atomic E-state index is 0.266.